The molecule has 1 unspecified atom stereocenters. The molecule has 0 rings (SSSR count). The van der Waals surface area contributed by atoms with Crippen molar-refractivity contribution in [2.24, 2.45) is 5.92 Å². The Labute approximate surface area is 81.8 Å². The fourth-order valence-corrected chi connectivity index (χ4v) is 1.11. The van der Waals surface area contributed by atoms with Crippen LogP contribution >= 0.6 is 0 Å². The third-order valence-corrected chi connectivity index (χ3v) is 2.11. The van der Waals surface area contributed by atoms with E-state index in [1.54, 1.807) is 14.2 Å². The number of methoxy groups -OCH3 is 2. The Morgan fingerprint density at radius 1 is 1.00 bits per heavy atom. The topological polar surface area (TPSA) is 30.5 Å². The minimum atomic E-state index is 0.745. The van der Waals surface area contributed by atoms with E-state index in [1.165, 1.54) is 6.42 Å². The van der Waals surface area contributed by atoms with Crippen LogP contribution in [0.4, 0.5) is 0 Å². The Morgan fingerprint density at radius 2 is 1.69 bits per heavy atom. The maximum Gasteiger partial charge on any atom is 0.0587 e. The average molecular weight is 189 g/mol. The average Bonchev–Trinajstić information content (AvgIpc) is 2.14. The molecule has 0 amide bonds. The van der Waals surface area contributed by atoms with Gasteiger partial charge >= 0.3 is 0 Å². The molecule has 3 nitrogen and oxygen atoms in total. The first kappa shape index (κ1) is 12.9. The van der Waals surface area contributed by atoms with E-state index in [0.29, 0.717) is 0 Å². The number of hydrogen-bond acceptors (Lipinski definition) is 3. The van der Waals surface area contributed by atoms with Crippen LogP contribution in [0.25, 0.3) is 0 Å². The van der Waals surface area contributed by atoms with Crippen molar-refractivity contribution in [2.45, 2.75) is 19.8 Å². The molecular formula is C10H23NO2. The van der Waals surface area contributed by atoms with Crippen LogP contribution in [0.2, 0.25) is 0 Å². The molecule has 0 aromatic heterocycles. The van der Waals surface area contributed by atoms with Crippen molar-refractivity contribution >= 4 is 0 Å². The van der Waals surface area contributed by atoms with E-state index in [2.05, 4.69) is 12.2 Å². The van der Waals surface area contributed by atoms with Gasteiger partial charge in [-0.1, -0.05) is 6.92 Å². The summed E-state index contributed by atoms with van der Waals surface area (Å²) in [5.74, 6) is 0.745. The van der Waals surface area contributed by atoms with Gasteiger partial charge in [-0.15, -0.1) is 0 Å². The molecule has 0 saturated carbocycles. The van der Waals surface area contributed by atoms with E-state index < -0.39 is 0 Å². The summed E-state index contributed by atoms with van der Waals surface area (Å²) in [6.07, 6.45) is 2.37. The predicted octanol–water partition coefficient (Wildman–Crippen LogP) is 1.29. The highest BCUT2D eigenvalue weighted by molar-refractivity contribution is 4.55. The van der Waals surface area contributed by atoms with Crippen LogP contribution in [0.5, 0.6) is 0 Å². The number of ether oxygens (including phenoxy) is 2. The fourth-order valence-electron chi connectivity index (χ4n) is 1.11. The number of hydrogen-bond donors (Lipinski definition) is 1. The van der Waals surface area contributed by atoms with Crippen LogP contribution < -0.4 is 5.32 Å². The zero-order chi connectivity index (χ0) is 9.94. The van der Waals surface area contributed by atoms with Crippen molar-refractivity contribution in [3.63, 3.8) is 0 Å². The molecule has 0 bridgehead atoms. The summed E-state index contributed by atoms with van der Waals surface area (Å²) >= 11 is 0. The normalized spacial score (nSPS) is 13.2. The van der Waals surface area contributed by atoms with Crippen molar-refractivity contribution < 1.29 is 9.47 Å². The summed E-state index contributed by atoms with van der Waals surface area (Å²) < 4.78 is 9.95. The quantitative estimate of drug-likeness (QED) is 0.554. The van der Waals surface area contributed by atoms with E-state index in [4.69, 9.17) is 9.47 Å². The highest BCUT2D eigenvalue weighted by Crippen LogP contribution is 2.05. The maximum absolute atomic E-state index is 5.02. The maximum atomic E-state index is 5.02. The molecule has 0 aliphatic heterocycles. The van der Waals surface area contributed by atoms with Crippen molar-refractivity contribution in [1.29, 1.82) is 0 Å². The number of nitrogens with one attached hydrogen (secondary N) is 1. The second kappa shape index (κ2) is 9.96. The number of rotatable bonds is 9. The second-order valence-corrected chi connectivity index (χ2v) is 3.42. The van der Waals surface area contributed by atoms with Gasteiger partial charge in [0.25, 0.3) is 0 Å². The molecule has 0 saturated heterocycles. The van der Waals surface area contributed by atoms with E-state index in [9.17, 15) is 0 Å². The molecule has 13 heavy (non-hydrogen) atoms. The largest absolute Gasteiger partial charge is 0.385 e. The molecule has 1 N–H and O–H groups in total. The summed E-state index contributed by atoms with van der Waals surface area (Å²) in [6.45, 7) is 5.96. The van der Waals surface area contributed by atoms with Gasteiger partial charge in [0.05, 0.1) is 6.61 Å². The molecule has 80 valence electrons. The molecule has 0 fully saturated rings. The van der Waals surface area contributed by atoms with Crippen LogP contribution in [-0.2, 0) is 9.47 Å². The van der Waals surface area contributed by atoms with Crippen LogP contribution in [0.1, 0.15) is 19.8 Å². The molecule has 0 aliphatic carbocycles. The van der Waals surface area contributed by atoms with Gasteiger partial charge in [0.2, 0.25) is 0 Å². The molecule has 0 aliphatic rings. The van der Waals surface area contributed by atoms with Gasteiger partial charge in [-0.2, -0.15) is 0 Å². The molecule has 1 atom stereocenters. The van der Waals surface area contributed by atoms with Gasteiger partial charge < -0.3 is 14.8 Å². The van der Waals surface area contributed by atoms with Crippen LogP contribution in [0.15, 0.2) is 0 Å². The zero-order valence-corrected chi connectivity index (χ0v) is 9.14. The lowest BCUT2D eigenvalue weighted by atomic mass is 10.1. The van der Waals surface area contributed by atoms with Gasteiger partial charge in [0, 0.05) is 27.4 Å². The zero-order valence-electron chi connectivity index (χ0n) is 9.14. The smallest absolute Gasteiger partial charge is 0.0587 e. The van der Waals surface area contributed by atoms with Crippen molar-refractivity contribution in [3.05, 3.63) is 0 Å². The van der Waals surface area contributed by atoms with Crippen molar-refractivity contribution in [2.75, 3.05) is 40.5 Å². The van der Waals surface area contributed by atoms with Gasteiger partial charge in [-0.05, 0) is 25.3 Å². The van der Waals surface area contributed by atoms with Gasteiger partial charge in [0.15, 0.2) is 0 Å². The Kier molecular flexibility index (Phi) is 9.87. The summed E-state index contributed by atoms with van der Waals surface area (Å²) in [6, 6.07) is 0. The SMILES string of the molecule is COCCNCCC(C)CCOC. The van der Waals surface area contributed by atoms with Crippen LogP contribution in [0, 0.1) is 5.92 Å². The fraction of sp³-hybridized carbons (Fsp3) is 1.00. The third kappa shape index (κ3) is 9.80. The Balaban J connectivity index is 3.03. The van der Waals surface area contributed by atoms with Crippen LogP contribution in [-0.4, -0.2) is 40.5 Å². The van der Waals surface area contributed by atoms with Gasteiger partial charge in [0.1, 0.15) is 0 Å². The second-order valence-electron chi connectivity index (χ2n) is 3.42. The lowest BCUT2D eigenvalue weighted by Gasteiger charge is -2.10. The van der Waals surface area contributed by atoms with Crippen LogP contribution in [0.3, 0.4) is 0 Å². The molecule has 0 aromatic rings. The first-order valence-electron chi connectivity index (χ1n) is 4.99. The summed E-state index contributed by atoms with van der Waals surface area (Å²) in [5, 5.41) is 3.33. The lowest BCUT2D eigenvalue weighted by molar-refractivity contribution is 0.177. The van der Waals surface area contributed by atoms with Gasteiger partial charge in [-0.3, -0.25) is 0 Å². The Bertz CT molecular complexity index is 98.9. The monoisotopic (exact) mass is 189 g/mol. The summed E-state index contributed by atoms with van der Waals surface area (Å²) in [7, 11) is 3.48. The Morgan fingerprint density at radius 3 is 2.31 bits per heavy atom. The van der Waals surface area contributed by atoms with E-state index in [0.717, 1.165) is 38.6 Å². The highest BCUT2D eigenvalue weighted by atomic mass is 16.5. The predicted molar refractivity (Wildman–Crippen MR) is 55.0 cm³/mol. The van der Waals surface area contributed by atoms with E-state index in [-0.39, 0.29) is 0 Å². The van der Waals surface area contributed by atoms with Crippen molar-refractivity contribution in [1.82, 2.24) is 5.32 Å². The molecule has 0 radical (unpaired) electrons. The molecular weight excluding hydrogens is 166 g/mol. The summed E-state index contributed by atoms with van der Waals surface area (Å²) in [5.41, 5.74) is 0. The minimum absolute atomic E-state index is 0.745. The van der Waals surface area contributed by atoms with E-state index >= 15 is 0 Å². The van der Waals surface area contributed by atoms with Crippen molar-refractivity contribution in [3.8, 4) is 0 Å². The molecule has 0 heterocycles. The summed E-state index contributed by atoms with van der Waals surface area (Å²) in [4.78, 5) is 0. The Hall–Kier alpha value is -0.120. The lowest BCUT2D eigenvalue weighted by Crippen LogP contribution is -2.22. The standard InChI is InChI=1S/C10H23NO2/c1-10(5-8-12-2)4-6-11-7-9-13-3/h10-11H,4-9H2,1-3H3. The first-order valence-corrected chi connectivity index (χ1v) is 4.99. The third-order valence-electron chi connectivity index (χ3n) is 2.11. The molecule has 0 spiro atoms. The highest BCUT2D eigenvalue weighted by Gasteiger charge is 2.00. The molecule has 3 heteroatoms. The van der Waals surface area contributed by atoms with Gasteiger partial charge in [-0.25, -0.2) is 0 Å². The van der Waals surface area contributed by atoms with E-state index in [1.807, 2.05) is 0 Å². The first-order chi connectivity index (χ1) is 6.31. The molecule has 0 aromatic carbocycles. The minimum Gasteiger partial charge on any atom is -0.385 e.